The Morgan fingerprint density at radius 2 is 1.92 bits per heavy atom. The van der Waals surface area contributed by atoms with Crippen LogP contribution in [0.5, 0.6) is 17.2 Å². The van der Waals surface area contributed by atoms with Crippen molar-refractivity contribution in [3.63, 3.8) is 0 Å². The number of methoxy groups -OCH3 is 2. The molecule has 0 saturated heterocycles. The average molecular weight is 332 g/mol. The Morgan fingerprint density at radius 1 is 1.17 bits per heavy atom. The van der Waals surface area contributed by atoms with Crippen molar-refractivity contribution < 1.29 is 28.9 Å². The third-order valence-electron chi connectivity index (χ3n) is 4.07. The molecule has 1 aliphatic carbocycles. The van der Waals surface area contributed by atoms with E-state index in [4.69, 9.17) is 13.9 Å². The fourth-order valence-corrected chi connectivity index (χ4v) is 2.84. The van der Waals surface area contributed by atoms with Gasteiger partial charge in [0.2, 0.25) is 11.2 Å². The molecule has 0 saturated carbocycles. The summed E-state index contributed by atoms with van der Waals surface area (Å²) in [4.78, 5) is 24.3. The van der Waals surface area contributed by atoms with Crippen LogP contribution in [0.25, 0.3) is 11.0 Å². The molecule has 24 heavy (non-hydrogen) atoms. The molecule has 2 aromatic rings. The van der Waals surface area contributed by atoms with Crippen LogP contribution in [-0.4, -0.2) is 30.2 Å². The molecule has 1 atom stereocenters. The summed E-state index contributed by atoms with van der Waals surface area (Å²) in [5, 5.41) is 20.0. The average Bonchev–Trinajstić information content (AvgIpc) is 2.57. The van der Waals surface area contributed by atoms with Crippen LogP contribution in [0.2, 0.25) is 0 Å². The van der Waals surface area contributed by atoms with Gasteiger partial charge in [-0.1, -0.05) is 0 Å². The van der Waals surface area contributed by atoms with Gasteiger partial charge in [-0.05, 0) is 12.5 Å². The van der Waals surface area contributed by atoms with E-state index in [1.165, 1.54) is 26.4 Å². The molecule has 7 nitrogen and oxygen atoms in total. The van der Waals surface area contributed by atoms with Crippen LogP contribution in [-0.2, 0) is 9.53 Å². The van der Waals surface area contributed by atoms with Gasteiger partial charge < -0.3 is 24.1 Å². The molecule has 7 heteroatoms. The molecular formula is C17H16O7. The molecule has 1 aromatic carbocycles. The second-order valence-corrected chi connectivity index (χ2v) is 5.50. The zero-order chi connectivity index (χ0) is 17.4. The highest BCUT2D eigenvalue weighted by atomic mass is 16.5. The van der Waals surface area contributed by atoms with Gasteiger partial charge in [-0.2, -0.15) is 0 Å². The third-order valence-corrected chi connectivity index (χ3v) is 4.07. The van der Waals surface area contributed by atoms with Gasteiger partial charge in [-0.3, -0.25) is 9.59 Å². The van der Waals surface area contributed by atoms with E-state index in [9.17, 15) is 19.8 Å². The number of phenols is 1. The monoisotopic (exact) mass is 332 g/mol. The zero-order valence-electron chi connectivity index (χ0n) is 13.2. The minimum absolute atomic E-state index is 0.0138. The summed E-state index contributed by atoms with van der Waals surface area (Å²) in [6, 6.07) is 2.70. The maximum absolute atomic E-state index is 12.4. The third kappa shape index (κ3) is 2.47. The quantitative estimate of drug-likeness (QED) is 0.887. The molecule has 0 unspecified atom stereocenters. The van der Waals surface area contributed by atoms with Gasteiger partial charge in [-0.15, -0.1) is 0 Å². The predicted molar refractivity (Wildman–Crippen MR) is 84.4 cm³/mol. The zero-order valence-corrected chi connectivity index (χ0v) is 13.2. The first-order valence-corrected chi connectivity index (χ1v) is 7.30. The molecule has 0 spiro atoms. The fourth-order valence-electron chi connectivity index (χ4n) is 2.84. The van der Waals surface area contributed by atoms with Crippen LogP contribution < -0.4 is 10.2 Å². The SMILES string of the molecule is COC1=CC[C@@H](c2oc3cc(OC)cc(O)c3c(=O)c2O)CC1=O. The van der Waals surface area contributed by atoms with Crippen molar-refractivity contribution in [1.29, 1.82) is 0 Å². The van der Waals surface area contributed by atoms with Crippen LogP contribution >= 0.6 is 0 Å². The van der Waals surface area contributed by atoms with Crippen LogP contribution in [0.1, 0.15) is 24.5 Å². The molecule has 0 fully saturated rings. The predicted octanol–water partition coefficient (Wildman–Crippen LogP) is 2.19. The van der Waals surface area contributed by atoms with E-state index in [0.717, 1.165) is 0 Å². The highest BCUT2D eigenvalue weighted by Crippen LogP contribution is 2.38. The summed E-state index contributed by atoms with van der Waals surface area (Å²) < 4.78 is 15.6. The Bertz CT molecular complexity index is 907. The van der Waals surface area contributed by atoms with E-state index in [1.807, 2.05) is 0 Å². The lowest BCUT2D eigenvalue weighted by atomic mass is 9.89. The molecule has 1 heterocycles. The van der Waals surface area contributed by atoms with E-state index in [0.29, 0.717) is 12.2 Å². The van der Waals surface area contributed by atoms with E-state index < -0.39 is 17.1 Å². The number of hydrogen-bond donors (Lipinski definition) is 2. The lowest BCUT2D eigenvalue weighted by Gasteiger charge is -2.20. The maximum atomic E-state index is 12.4. The topological polar surface area (TPSA) is 106 Å². The largest absolute Gasteiger partial charge is 0.507 e. The number of hydrogen-bond acceptors (Lipinski definition) is 7. The van der Waals surface area contributed by atoms with Gasteiger partial charge in [0.25, 0.3) is 0 Å². The first-order chi connectivity index (χ1) is 11.5. The van der Waals surface area contributed by atoms with E-state index in [-0.39, 0.29) is 40.4 Å². The molecule has 2 N–H and O–H groups in total. The van der Waals surface area contributed by atoms with Crippen molar-refractivity contribution >= 4 is 16.8 Å². The number of ketones is 1. The lowest BCUT2D eigenvalue weighted by Crippen LogP contribution is -2.17. The summed E-state index contributed by atoms with van der Waals surface area (Å²) in [6.45, 7) is 0. The second kappa shape index (κ2) is 5.92. The van der Waals surface area contributed by atoms with Crippen molar-refractivity contribution in [2.24, 2.45) is 0 Å². The first kappa shape index (κ1) is 15.9. The van der Waals surface area contributed by atoms with Gasteiger partial charge in [-0.25, -0.2) is 0 Å². The van der Waals surface area contributed by atoms with Gasteiger partial charge in [0, 0.05) is 24.5 Å². The van der Waals surface area contributed by atoms with Crippen molar-refractivity contribution in [2.75, 3.05) is 14.2 Å². The van der Waals surface area contributed by atoms with E-state index >= 15 is 0 Å². The number of phenolic OH excluding ortho intramolecular Hbond substituents is 1. The number of allylic oxidation sites excluding steroid dienone is 2. The number of ether oxygens (including phenoxy) is 2. The molecule has 3 rings (SSSR count). The van der Waals surface area contributed by atoms with Crippen LogP contribution in [0.15, 0.2) is 33.2 Å². The van der Waals surface area contributed by atoms with Gasteiger partial charge in [0.05, 0.1) is 14.2 Å². The minimum atomic E-state index is -0.750. The maximum Gasteiger partial charge on any atom is 0.238 e. The minimum Gasteiger partial charge on any atom is -0.507 e. The summed E-state index contributed by atoms with van der Waals surface area (Å²) in [5.74, 6) is -1.09. The normalized spacial score (nSPS) is 17.7. The summed E-state index contributed by atoms with van der Waals surface area (Å²) in [5.41, 5.74) is -0.668. The smallest absolute Gasteiger partial charge is 0.238 e. The van der Waals surface area contributed by atoms with Gasteiger partial charge >= 0.3 is 0 Å². The first-order valence-electron chi connectivity index (χ1n) is 7.30. The Morgan fingerprint density at radius 3 is 2.54 bits per heavy atom. The lowest BCUT2D eigenvalue weighted by molar-refractivity contribution is -0.119. The van der Waals surface area contributed by atoms with Crippen LogP contribution in [0.4, 0.5) is 0 Å². The Balaban J connectivity index is 2.16. The number of fused-ring (bicyclic) bond motifs is 1. The summed E-state index contributed by atoms with van der Waals surface area (Å²) >= 11 is 0. The molecule has 0 bridgehead atoms. The van der Waals surface area contributed by atoms with Crippen molar-refractivity contribution in [3.05, 3.63) is 40.0 Å². The number of carbonyl (C=O) groups is 1. The van der Waals surface area contributed by atoms with Gasteiger partial charge in [0.15, 0.2) is 17.3 Å². The fraction of sp³-hybridized carbons (Fsp3) is 0.294. The van der Waals surface area contributed by atoms with E-state index in [1.54, 1.807) is 6.08 Å². The number of aromatic hydroxyl groups is 2. The molecule has 0 amide bonds. The molecule has 0 radical (unpaired) electrons. The Kier molecular flexibility index (Phi) is 3.92. The molecule has 0 aliphatic heterocycles. The number of benzene rings is 1. The summed E-state index contributed by atoms with van der Waals surface area (Å²) in [7, 11) is 2.82. The molecule has 1 aliphatic rings. The molecular weight excluding hydrogens is 316 g/mol. The number of carbonyl (C=O) groups excluding carboxylic acids is 1. The standard InChI is InChI=1S/C17H16O7/c1-22-9-6-11(19)14-13(7-9)24-17(16(21)15(14)20)8-3-4-12(23-2)10(18)5-8/h4,6-8,19,21H,3,5H2,1-2H3/t8-/m1/s1. The number of Topliss-reactive ketones (excluding diaryl/α,β-unsaturated/α-hetero) is 1. The highest BCUT2D eigenvalue weighted by Gasteiger charge is 2.30. The highest BCUT2D eigenvalue weighted by molar-refractivity contribution is 5.95. The number of rotatable bonds is 3. The molecule has 1 aromatic heterocycles. The van der Waals surface area contributed by atoms with Crippen molar-refractivity contribution in [1.82, 2.24) is 0 Å². The van der Waals surface area contributed by atoms with Gasteiger partial charge in [0.1, 0.15) is 22.5 Å². The van der Waals surface area contributed by atoms with Crippen molar-refractivity contribution in [3.8, 4) is 17.2 Å². The van der Waals surface area contributed by atoms with Crippen molar-refractivity contribution in [2.45, 2.75) is 18.8 Å². The summed E-state index contributed by atoms with van der Waals surface area (Å²) in [6.07, 6.45) is 2.04. The Hall–Kier alpha value is -2.96. The van der Waals surface area contributed by atoms with E-state index in [2.05, 4.69) is 0 Å². The second-order valence-electron chi connectivity index (χ2n) is 5.50. The Labute approximate surface area is 136 Å². The molecule has 126 valence electrons. The van der Waals surface area contributed by atoms with Crippen LogP contribution in [0.3, 0.4) is 0 Å². The van der Waals surface area contributed by atoms with Crippen LogP contribution in [0, 0.1) is 0 Å².